The first-order valence-corrected chi connectivity index (χ1v) is 23.9. The number of imidazole rings is 2. The van der Waals surface area contributed by atoms with Crippen molar-refractivity contribution in [3.63, 3.8) is 0 Å². The van der Waals surface area contributed by atoms with Crippen LogP contribution in [0.1, 0.15) is 62.0 Å². The number of carbonyl (C=O) groups is 4. The van der Waals surface area contributed by atoms with Crippen LogP contribution in [0.25, 0.3) is 64.8 Å². The number of methoxy groups -OCH3 is 2. The molecule has 6 heterocycles. The Bertz CT molecular complexity index is 3190. The monoisotopic (exact) mass is 932 g/mol. The van der Waals surface area contributed by atoms with Crippen LogP contribution in [0, 0.1) is 5.92 Å². The zero-order valence-electron chi connectivity index (χ0n) is 37.2. The van der Waals surface area contributed by atoms with Gasteiger partial charge in [0.05, 0.1) is 51.7 Å². The quantitative estimate of drug-likeness (QED) is 0.0927. The molecule has 340 valence electrons. The fraction of sp³-hybridized carbons (Fsp3) is 0.255. The van der Waals surface area contributed by atoms with E-state index in [1.54, 1.807) is 27.6 Å². The predicted molar refractivity (Wildman–Crippen MR) is 261 cm³/mol. The first-order chi connectivity index (χ1) is 32.6. The van der Waals surface area contributed by atoms with Crippen molar-refractivity contribution in [2.45, 2.75) is 50.9 Å². The average molecular weight is 933 g/mol. The van der Waals surface area contributed by atoms with E-state index in [-0.39, 0.29) is 23.8 Å². The number of nitrogens with one attached hydrogen (secondary N) is 4. The lowest BCUT2D eigenvalue weighted by Gasteiger charge is -2.29. The molecule has 67 heavy (non-hydrogen) atoms. The zero-order valence-corrected chi connectivity index (χ0v) is 38.9. The lowest BCUT2D eigenvalue weighted by atomic mass is 10.0. The molecule has 0 radical (unpaired) electrons. The summed E-state index contributed by atoms with van der Waals surface area (Å²) in [5.41, 5.74) is 10.7. The second-order valence-electron chi connectivity index (χ2n) is 17.1. The first-order valence-electron chi connectivity index (χ1n) is 22.2. The number of nitrogens with zero attached hydrogens (tertiary/aromatic N) is 4. The van der Waals surface area contributed by atoms with Crippen LogP contribution in [0.4, 0.5) is 9.59 Å². The van der Waals surface area contributed by atoms with E-state index in [4.69, 9.17) is 19.4 Å². The van der Waals surface area contributed by atoms with E-state index in [0.717, 1.165) is 63.0 Å². The topological polar surface area (TPSA) is 175 Å². The number of rotatable bonds is 11. The second-order valence-corrected chi connectivity index (χ2v) is 18.9. The summed E-state index contributed by atoms with van der Waals surface area (Å²) in [6.45, 7) is 4.79. The number of H-pyrrole nitrogens is 2. The Morgan fingerprint density at radius 3 is 1.99 bits per heavy atom. The van der Waals surface area contributed by atoms with Gasteiger partial charge >= 0.3 is 12.2 Å². The summed E-state index contributed by atoms with van der Waals surface area (Å²) in [4.78, 5) is 72.5. The summed E-state index contributed by atoms with van der Waals surface area (Å²) >= 11 is 3.48. The standard InChI is InChI=1S/C51H48N8O6S2/c1-28(2)42(56-50(62)64-3)48(60)58-22-8-12-40(58)46-53-37-21-19-33(25-39(37)55-46)35-27-67-44-34(26-66-45(35)44)30-16-14-29(15-17-30)32-18-20-36-38(24-32)54-47(52-36)41-13-9-23-59(41)49(61)43(57-51(63)65-4)31-10-6-5-7-11-31/h5-7,9-11,13-21,24-28,40-43H,8,12,22-23H2,1-4H3,(H,52,54)(H,53,55)(H,56,62)(H,57,63)/t40?,41?,42-,43+/m0/s1. The smallest absolute Gasteiger partial charge is 0.407 e. The highest BCUT2D eigenvalue weighted by molar-refractivity contribution is 7.27. The van der Waals surface area contributed by atoms with E-state index in [1.807, 2.05) is 73.4 Å². The van der Waals surface area contributed by atoms with E-state index in [0.29, 0.717) is 24.5 Å². The molecule has 2 aliphatic heterocycles. The Morgan fingerprint density at radius 2 is 1.30 bits per heavy atom. The van der Waals surface area contributed by atoms with Crippen LogP contribution in [0.2, 0.25) is 0 Å². The minimum atomic E-state index is -0.923. The van der Waals surface area contributed by atoms with Gasteiger partial charge in [0.1, 0.15) is 29.8 Å². The molecule has 8 aromatic rings. The van der Waals surface area contributed by atoms with Gasteiger partial charge in [-0.3, -0.25) is 9.59 Å². The highest BCUT2D eigenvalue weighted by Gasteiger charge is 2.38. The molecular weight excluding hydrogens is 885 g/mol. The van der Waals surface area contributed by atoms with Gasteiger partial charge in [-0.25, -0.2) is 19.6 Å². The molecule has 4 N–H and O–H groups in total. The Labute approximate surface area is 394 Å². The van der Waals surface area contributed by atoms with Crippen LogP contribution < -0.4 is 10.6 Å². The molecule has 1 fully saturated rings. The third-order valence-electron chi connectivity index (χ3n) is 12.7. The molecule has 4 amide bonds. The van der Waals surface area contributed by atoms with Gasteiger partial charge in [-0.2, -0.15) is 0 Å². The molecule has 2 aliphatic rings. The van der Waals surface area contributed by atoms with Gasteiger partial charge in [-0.1, -0.05) is 92.7 Å². The highest BCUT2D eigenvalue weighted by Crippen LogP contribution is 2.45. The number of amides is 4. The Hall–Kier alpha value is -7.30. The summed E-state index contributed by atoms with van der Waals surface area (Å²) < 4.78 is 12.1. The Kier molecular flexibility index (Phi) is 11.8. The fourth-order valence-electron chi connectivity index (χ4n) is 9.22. The number of thiophene rings is 2. The van der Waals surface area contributed by atoms with E-state index >= 15 is 0 Å². The number of fused-ring (bicyclic) bond motifs is 3. The molecule has 0 saturated carbocycles. The van der Waals surface area contributed by atoms with Gasteiger partial charge < -0.3 is 39.9 Å². The second kappa shape index (κ2) is 18.2. The third kappa shape index (κ3) is 8.31. The van der Waals surface area contributed by atoms with Crippen LogP contribution in [-0.4, -0.2) is 87.1 Å². The van der Waals surface area contributed by atoms with Gasteiger partial charge in [0.25, 0.3) is 5.91 Å². The molecule has 14 nitrogen and oxygen atoms in total. The van der Waals surface area contributed by atoms with E-state index in [9.17, 15) is 19.2 Å². The van der Waals surface area contributed by atoms with Crippen molar-refractivity contribution in [2.75, 3.05) is 27.3 Å². The number of aromatic amines is 2. The number of alkyl carbamates (subject to hydrolysis) is 2. The van der Waals surface area contributed by atoms with E-state index in [1.165, 1.54) is 34.7 Å². The highest BCUT2D eigenvalue weighted by atomic mass is 32.1. The summed E-state index contributed by atoms with van der Waals surface area (Å²) in [6, 6.07) is 27.9. The Morgan fingerprint density at radius 1 is 0.701 bits per heavy atom. The number of hydrogen-bond acceptors (Lipinski definition) is 10. The first kappa shape index (κ1) is 43.6. The molecule has 16 heteroatoms. The molecular formula is C51H48N8O6S2. The lowest BCUT2D eigenvalue weighted by Crippen LogP contribution is -2.51. The van der Waals surface area contributed by atoms with Crippen LogP contribution in [0.5, 0.6) is 0 Å². The molecule has 1 saturated heterocycles. The summed E-state index contributed by atoms with van der Waals surface area (Å²) in [6.07, 6.45) is 4.21. The van der Waals surface area contributed by atoms with Crippen LogP contribution >= 0.6 is 22.7 Å². The van der Waals surface area contributed by atoms with E-state index in [2.05, 4.69) is 79.9 Å². The molecule has 10 rings (SSSR count). The largest absolute Gasteiger partial charge is 0.453 e. The van der Waals surface area contributed by atoms with Crippen molar-refractivity contribution in [3.05, 3.63) is 131 Å². The maximum Gasteiger partial charge on any atom is 0.407 e. The fourth-order valence-corrected chi connectivity index (χ4v) is 11.7. The van der Waals surface area contributed by atoms with Gasteiger partial charge in [0.2, 0.25) is 5.91 Å². The number of benzene rings is 4. The maximum absolute atomic E-state index is 14.0. The van der Waals surface area contributed by atoms with Crippen molar-refractivity contribution in [2.24, 2.45) is 5.92 Å². The van der Waals surface area contributed by atoms with Gasteiger partial charge in [-0.15, -0.1) is 22.7 Å². The summed E-state index contributed by atoms with van der Waals surface area (Å²) in [5, 5.41) is 9.88. The number of ether oxygens (including phenoxy) is 2. The van der Waals surface area contributed by atoms with Crippen molar-refractivity contribution in [3.8, 4) is 33.4 Å². The van der Waals surface area contributed by atoms with Gasteiger partial charge in [0, 0.05) is 35.0 Å². The van der Waals surface area contributed by atoms with Crippen LogP contribution in [0.15, 0.2) is 114 Å². The zero-order chi connectivity index (χ0) is 46.3. The number of hydrogen-bond donors (Lipinski definition) is 4. The van der Waals surface area contributed by atoms with Gasteiger partial charge in [-0.05, 0) is 70.8 Å². The Balaban J connectivity index is 0.851. The maximum atomic E-state index is 14.0. The number of carbonyl (C=O) groups excluding carboxylic acids is 4. The number of aromatic nitrogens is 4. The van der Waals surface area contributed by atoms with Crippen molar-refractivity contribution >= 4 is 78.1 Å². The van der Waals surface area contributed by atoms with Crippen molar-refractivity contribution < 1.29 is 28.7 Å². The molecule has 2 unspecified atom stereocenters. The predicted octanol–water partition coefficient (Wildman–Crippen LogP) is 10.3. The lowest BCUT2D eigenvalue weighted by molar-refractivity contribution is -0.135. The van der Waals surface area contributed by atoms with Crippen molar-refractivity contribution in [1.82, 2.24) is 40.4 Å². The third-order valence-corrected chi connectivity index (χ3v) is 14.9. The minimum absolute atomic E-state index is 0.111. The molecule has 4 atom stereocenters. The molecule has 0 aliphatic carbocycles. The van der Waals surface area contributed by atoms with Gasteiger partial charge in [0.15, 0.2) is 0 Å². The van der Waals surface area contributed by atoms with Crippen molar-refractivity contribution in [1.29, 1.82) is 0 Å². The normalized spacial score (nSPS) is 16.9. The van der Waals surface area contributed by atoms with E-state index < -0.39 is 30.3 Å². The molecule has 4 aromatic heterocycles. The van der Waals surface area contributed by atoms with Crippen LogP contribution in [-0.2, 0) is 19.1 Å². The minimum Gasteiger partial charge on any atom is -0.453 e. The molecule has 0 spiro atoms. The summed E-state index contributed by atoms with van der Waals surface area (Å²) in [7, 11) is 2.57. The summed E-state index contributed by atoms with van der Waals surface area (Å²) in [5.74, 6) is 0.871. The van der Waals surface area contributed by atoms with Crippen LogP contribution in [0.3, 0.4) is 0 Å². The number of likely N-dealkylation sites (tertiary alicyclic amines) is 1. The SMILES string of the molecule is COC(=O)N[C@H](C(=O)N1CCCC1c1nc2ccc(-c3csc4c(-c5ccc(-c6ccc7nc(C8C=CCN8C(=O)[C@H](NC(=O)OC)c8ccccc8)[nH]c7c6)cc5)csc34)cc2[nH]1)C(C)C. The average Bonchev–Trinajstić information content (AvgIpc) is 4.22. The molecule has 4 aromatic carbocycles. The molecule has 0 bridgehead atoms.